The van der Waals surface area contributed by atoms with E-state index in [1.165, 1.54) is 14.2 Å². The summed E-state index contributed by atoms with van der Waals surface area (Å²) in [6, 6.07) is 6.45. The van der Waals surface area contributed by atoms with Crippen LogP contribution in [0.1, 0.15) is 26.3 Å². The number of esters is 1. The molecule has 1 aromatic carbocycles. The molecular formula is C23H35N3O6Si. The van der Waals surface area contributed by atoms with Gasteiger partial charge in [0.15, 0.2) is 0 Å². The second-order valence-electron chi connectivity index (χ2n) is 9.92. The molecule has 0 bridgehead atoms. The highest BCUT2D eigenvalue weighted by atomic mass is 28.3. The van der Waals surface area contributed by atoms with Crippen LogP contribution >= 0.6 is 0 Å². The molecule has 0 aliphatic rings. The third-order valence-electron chi connectivity index (χ3n) is 4.65. The second kappa shape index (κ2) is 11.8. The number of likely N-dealkylation sites (N-methyl/N-ethyl adjacent to an activating group) is 1. The summed E-state index contributed by atoms with van der Waals surface area (Å²) in [5.41, 5.74) is 8.59. The maximum absolute atomic E-state index is 13.3. The molecule has 10 heteroatoms. The molecule has 0 radical (unpaired) electrons. The zero-order chi connectivity index (χ0) is 25.4. The van der Waals surface area contributed by atoms with Gasteiger partial charge in [-0.05, 0) is 44.5 Å². The molecular weight excluding hydrogens is 442 g/mol. The average Bonchev–Trinajstić information content (AvgIpc) is 2.70. The van der Waals surface area contributed by atoms with E-state index in [-0.39, 0.29) is 13.0 Å². The number of hydrogen-bond donors (Lipinski definition) is 0. The van der Waals surface area contributed by atoms with Crippen LogP contribution in [-0.4, -0.2) is 73.7 Å². The molecule has 0 heterocycles. The number of ether oxygens (including phenoxy) is 3. The molecule has 0 fully saturated rings. The van der Waals surface area contributed by atoms with Gasteiger partial charge in [-0.15, -0.1) is 0 Å². The van der Waals surface area contributed by atoms with Crippen molar-refractivity contribution in [1.29, 1.82) is 0 Å². The van der Waals surface area contributed by atoms with Gasteiger partial charge in [0.05, 0.1) is 13.7 Å². The van der Waals surface area contributed by atoms with Crippen molar-refractivity contribution in [3.8, 4) is 5.75 Å². The number of carbonyl (C=O) groups excluding carboxylic acids is 3. The van der Waals surface area contributed by atoms with Crippen LogP contribution in [-0.2, 0) is 25.5 Å². The third kappa shape index (κ3) is 9.59. The Balaban J connectivity index is 3.17. The minimum atomic E-state index is -1.48. The average molecular weight is 478 g/mol. The quantitative estimate of drug-likeness (QED) is 0.127. The number of carbonyl (C=O) groups is 3. The summed E-state index contributed by atoms with van der Waals surface area (Å²) in [7, 11) is 1.45. The van der Waals surface area contributed by atoms with Crippen molar-refractivity contribution in [2.45, 2.75) is 64.5 Å². The highest BCUT2D eigenvalue weighted by Crippen LogP contribution is 2.18. The van der Waals surface area contributed by atoms with Crippen molar-refractivity contribution < 1.29 is 33.4 Å². The van der Waals surface area contributed by atoms with Crippen molar-refractivity contribution in [1.82, 2.24) is 4.90 Å². The van der Waals surface area contributed by atoms with Gasteiger partial charge < -0.3 is 24.6 Å². The Kier molecular flexibility index (Phi) is 10.0. The predicted molar refractivity (Wildman–Crippen MR) is 127 cm³/mol. The van der Waals surface area contributed by atoms with Crippen LogP contribution in [0.3, 0.4) is 0 Å². The van der Waals surface area contributed by atoms with E-state index in [2.05, 4.69) is 24.4 Å². The van der Waals surface area contributed by atoms with Gasteiger partial charge >= 0.3 is 17.8 Å². The van der Waals surface area contributed by atoms with Crippen LogP contribution in [0, 0.1) is 0 Å². The molecule has 0 unspecified atom stereocenters. The highest BCUT2D eigenvalue weighted by molar-refractivity contribution is 6.76. The number of benzene rings is 1. The van der Waals surface area contributed by atoms with Gasteiger partial charge in [0.25, 0.3) is 5.78 Å². The zero-order valence-electron chi connectivity index (χ0n) is 20.8. The first kappa shape index (κ1) is 28.1. The summed E-state index contributed by atoms with van der Waals surface area (Å²) >= 11 is 0. The Bertz CT molecular complexity index is 896. The lowest BCUT2D eigenvalue weighted by Crippen LogP contribution is -2.50. The van der Waals surface area contributed by atoms with Crippen molar-refractivity contribution >= 4 is 31.6 Å². The molecule has 0 spiro atoms. The number of hydrogen-bond acceptors (Lipinski definition) is 6. The molecule has 0 aliphatic carbocycles. The topological polar surface area (TPSA) is 119 Å². The number of rotatable bonds is 10. The lowest BCUT2D eigenvalue weighted by Gasteiger charge is -2.29. The summed E-state index contributed by atoms with van der Waals surface area (Å²) in [5.74, 6) is -1.25. The minimum absolute atomic E-state index is 0.0553. The van der Waals surface area contributed by atoms with E-state index < -0.39 is 43.3 Å². The normalized spacial score (nSPS) is 12.2. The maximum atomic E-state index is 13.3. The van der Waals surface area contributed by atoms with Crippen molar-refractivity contribution in [2.75, 3.05) is 20.8 Å². The van der Waals surface area contributed by atoms with E-state index in [0.29, 0.717) is 17.4 Å². The van der Waals surface area contributed by atoms with Crippen LogP contribution in [0.15, 0.2) is 24.3 Å². The molecule has 0 aliphatic heterocycles. The minimum Gasteiger partial charge on any atom is -0.497 e. The number of methoxy groups -OCH3 is 1. The first-order chi connectivity index (χ1) is 15.2. The molecule has 1 atom stereocenters. The fraction of sp³-hybridized carbons (Fsp3) is 0.565. The van der Waals surface area contributed by atoms with Crippen LogP contribution < -0.4 is 4.74 Å². The first-order valence-corrected chi connectivity index (χ1v) is 14.4. The standard InChI is InChI=1S/C23H35N3O6Si/c1-23(2,3)32-22(29)26(4)18(15-16-9-11-17(30-5)12-10-16)20(27)19(25-24)21(28)31-13-14-33(6,7)8/h9-12,18H,13-15H2,1-8H3/t18-/m1/s1. The summed E-state index contributed by atoms with van der Waals surface area (Å²) < 4.78 is 15.7. The molecule has 182 valence electrons. The molecule has 1 amide bonds. The largest absolute Gasteiger partial charge is 0.497 e. The van der Waals surface area contributed by atoms with Gasteiger partial charge in [-0.1, -0.05) is 31.8 Å². The molecule has 33 heavy (non-hydrogen) atoms. The van der Waals surface area contributed by atoms with Crippen molar-refractivity contribution in [3.05, 3.63) is 35.4 Å². The summed E-state index contributed by atoms with van der Waals surface area (Å²) in [6.07, 6.45) is -0.696. The van der Waals surface area contributed by atoms with Crippen LogP contribution in [0.5, 0.6) is 5.75 Å². The number of amides is 1. The van der Waals surface area contributed by atoms with E-state index in [0.717, 1.165) is 4.90 Å². The lowest BCUT2D eigenvalue weighted by atomic mass is 9.98. The van der Waals surface area contributed by atoms with Gasteiger partial charge in [-0.3, -0.25) is 4.79 Å². The van der Waals surface area contributed by atoms with Crippen molar-refractivity contribution in [3.63, 3.8) is 0 Å². The highest BCUT2D eigenvalue weighted by Gasteiger charge is 2.41. The zero-order valence-corrected chi connectivity index (χ0v) is 21.8. The van der Waals surface area contributed by atoms with Gasteiger partial charge in [0.1, 0.15) is 17.4 Å². The van der Waals surface area contributed by atoms with E-state index in [4.69, 9.17) is 14.2 Å². The Morgan fingerprint density at radius 2 is 1.70 bits per heavy atom. The molecule has 0 saturated carbocycles. The molecule has 0 N–H and O–H groups in total. The monoisotopic (exact) mass is 477 g/mol. The Morgan fingerprint density at radius 3 is 2.15 bits per heavy atom. The molecule has 9 nitrogen and oxygen atoms in total. The van der Waals surface area contributed by atoms with Gasteiger partial charge in [-0.2, -0.15) is 4.79 Å². The first-order valence-electron chi connectivity index (χ1n) is 10.7. The van der Waals surface area contributed by atoms with Crippen LogP contribution in [0.25, 0.3) is 5.53 Å². The Hall–Kier alpha value is -2.97. The fourth-order valence-corrected chi connectivity index (χ4v) is 3.43. The van der Waals surface area contributed by atoms with E-state index >= 15 is 0 Å². The summed E-state index contributed by atoms with van der Waals surface area (Å²) in [6.45, 7) is 11.6. The predicted octanol–water partition coefficient (Wildman–Crippen LogP) is 3.59. The van der Waals surface area contributed by atoms with E-state index in [1.54, 1.807) is 45.0 Å². The number of ketones is 1. The molecule has 1 rings (SSSR count). The second-order valence-corrected chi connectivity index (χ2v) is 15.5. The smallest absolute Gasteiger partial charge is 0.443 e. The summed E-state index contributed by atoms with van der Waals surface area (Å²) in [5, 5.41) is 0. The Morgan fingerprint density at radius 1 is 1.12 bits per heavy atom. The number of nitrogens with zero attached hydrogens (tertiary/aromatic N) is 3. The third-order valence-corrected chi connectivity index (χ3v) is 6.36. The fourth-order valence-electron chi connectivity index (χ4n) is 2.72. The van der Waals surface area contributed by atoms with Crippen LogP contribution in [0.4, 0.5) is 4.79 Å². The summed E-state index contributed by atoms with van der Waals surface area (Å²) in [4.78, 5) is 42.4. The van der Waals surface area contributed by atoms with Gasteiger partial charge in [0, 0.05) is 21.5 Å². The molecule has 0 saturated heterocycles. The van der Waals surface area contributed by atoms with E-state index in [1.807, 2.05) is 0 Å². The van der Waals surface area contributed by atoms with Gasteiger partial charge in [0.2, 0.25) is 0 Å². The Labute approximate surface area is 196 Å². The lowest BCUT2D eigenvalue weighted by molar-refractivity contribution is -0.142. The van der Waals surface area contributed by atoms with Crippen LogP contribution in [0.2, 0.25) is 25.7 Å². The number of Topliss-reactive ketones (excluding diaryl/α,β-unsaturated/α-hetero) is 1. The SMILES string of the molecule is COc1ccc(C[C@H](C(=O)C(=[N+]=[N-])C(=O)OCC[Si](C)(C)C)N(C)C(=O)OC(C)(C)C)cc1. The maximum Gasteiger partial charge on any atom is 0.443 e. The molecule has 1 aromatic rings. The molecule has 0 aromatic heterocycles. The van der Waals surface area contributed by atoms with Gasteiger partial charge in [-0.25, -0.2) is 9.59 Å². The van der Waals surface area contributed by atoms with Crippen molar-refractivity contribution in [2.24, 2.45) is 0 Å². The van der Waals surface area contributed by atoms with E-state index in [9.17, 15) is 19.9 Å².